The molecule has 4 aromatic rings. The number of aliphatic hydroxyl groups is 3. The minimum Gasteiger partial charge on any atom is -0.494 e. The number of hydrogen-bond acceptors (Lipinski definition) is 9. The van der Waals surface area contributed by atoms with Crippen LogP contribution in [0.2, 0.25) is 0 Å². The molecule has 2 aliphatic rings. The zero-order valence-corrected chi connectivity index (χ0v) is 36.3. The Balaban J connectivity index is 1.30. The van der Waals surface area contributed by atoms with Crippen molar-refractivity contribution in [2.24, 2.45) is 5.92 Å². The number of fused-ring (bicyclic) bond motifs is 2. The van der Waals surface area contributed by atoms with Gasteiger partial charge in [0.2, 0.25) is 5.91 Å². The van der Waals surface area contributed by atoms with Gasteiger partial charge in [-0.1, -0.05) is 77.9 Å². The average molecular weight is 831 g/mol. The molecule has 3 heterocycles. The van der Waals surface area contributed by atoms with Gasteiger partial charge in [-0.25, -0.2) is 0 Å². The number of nitrogens with zero attached hydrogens (tertiary/aromatic N) is 5. The Labute approximate surface area is 360 Å². The molecule has 0 bridgehead atoms. The lowest BCUT2D eigenvalue weighted by molar-refractivity contribution is -0.139. The summed E-state index contributed by atoms with van der Waals surface area (Å²) < 4.78 is 7.57. The summed E-state index contributed by atoms with van der Waals surface area (Å²) in [5.41, 5.74) is 5.39. The maximum Gasteiger partial charge on any atom is 0.264 e. The Morgan fingerprint density at radius 3 is 2.52 bits per heavy atom. The van der Waals surface area contributed by atoms with Crippen molar-refractivity contribution in [2.75, 3.05) is 42.7 Å². The summed E-state index contributed by atoms with van der Waals surface area (Å²) in [7, 11) is 0. The fraction of sp³-hybridized carbons (Fsp3) is 0.429. The number of nitrogens with one attached hydrogen (secondary N) is 1. The molecular weight excluding hydrogens is 769 g/mol. The number of aryl methyl sites for hydroxylation is 1. The van der Waals surface area contributed by atoms with Gasteiger partial charge in [-0.2, -0.15) is 0 Å². The summed E-state index contributed by atoms with van der Waals surface area (Å²) in [5, 5.41) is 44.3. The Bertz CT molecular complexity index is 2210. The molecular formula is C49H62N6O6. The number of aromatic nitrogens is 3. The van der Waals surface area contributed by atoms with E-state index in [2.05, 4.69) is 48.6 Å². The summed E-state index contributed by atoms with van der Waals surface area (Å²) in [6.07, 6.45) is 14.1. The first-order valence-electron chi connectivity index (χ1n) is 21.6. The third kappa shape index (κ3) is 10.4. The van der Waals surface area contributed by atoms with Crippen molar-refractivity contribution in [1.29, 1.82) is 0 Å². The van der Waals surface area contributed by atoms with Gasteiger partial charge in [-0.3, -0.25) is 19.2 Å². The number of carbonyl (C=O) groups is 2. The predicted molar refractivity (Wildman–Crippen MR) is 240 cm³/mol. The first-order chi connectivity index (χ1) is 29.5. The molecule has 3 aromatic carbocycles. The van der Waals surface area contributed by atoms with Crippen LogP contribution in [0, 0.1) is 5.92 Å². The van der Waals surface area contributed by atoms with Gasteiger partial charge in [0.05, 0.1) is 42.2 Å². The van der Waals surface area contributed by atoms with Crippen LogP contribution >= 0.6 is 0 Å². The highest BCUT2D eigenvalue weighted by atomic mass is 16.5. The summed E-state index contributed by atoms with van der Waals surface area (Å²) in [5.74, 6) is -0.758. The highest BCUT2D eigenvalue weighted by molar-refractivity contribution is 6.10. The number of amides is 2. The second-order valence-corrected chi connectivity index (χ2v) is 16.4. The van der Waals surface area contributed by atoms with E-state index in [1.807, 2.05) is 92.9 Å². The van der Waals surface area contributed by atoms with Crippen LogP contribution in [0.5, 0.6) is 5.75 Å². The maximum atomic E-state index is 14.6. The number of rotatable bonds is 21. The van der Waals surface area contributed by atoms with Gasteiger partial charge in [0.15, 0.2) is 5.60 Å². The van der Waals surface area contributed by atoms with Crippen molar-refractivity contribution in [1.82, 2.24) is 20.3 Å². The predicted octanol–water partition coefficient (Wildman–Crippen LogP) is 7.26. The fourth-order valence-electron chi connectivity index (χ4n) is 8.20. The number of anilines is 3. The number of benzene rings is 3. The van der Waals surface area contributed by atoms with Crippen LogP contribution in [-0.4, -0.2) is 81.1 Å². The van der Waals surface area contributed by atoms with Gasteiger partial charge >= 0.3 is 0 Å². The van der Waals surface area contributed by atoms with E-state index in [-0.39, 0.29) is 25.0 Å². The van der Waals surface area contributed by atoms with E-state index < -0.39 is 23.5 Å². The standard InChI is InChI=1S/C49H62N6O6/c1-6-61-40-21-23-45-38(29-40)30-43(50-25-11-13-28-56)47(58)55(45)39-20-22-46-42(31-39)49(60,48(59)54(46)27-24-35(4)16-14-15-34(2)3)36(5)17-10-12-26-53-32-44(51-52-53)41(33-57)37-18-8-7-9-19-37/h7-10,15,17-24,29,31-32,36,41,43,50,56-57,60H,6,11-14,16,25-28,30,33H2,1-5H3/b17-10+,35-24+/t36-,41?,43?,49+/m1/s1. The van der Waals surface area contributed by atoms with Crippen LogP contribution in [-0.2, 0) is 28.2 Å². The number of allylic oxidation sites excluding steroid dienone is 4. The molecule has 0 radical (unpaired) electrons. The summed E-state index contributed by atoms with van der Waals surface area (Å²) >= 11 is 0. The molecule has 12 heteroatoms. The molecule has 6 rings (SSSR count). The lowest BCUT2D eigenvalue weighted by Crippen LogP contribution is -2.49. The molecule has 0 saturated heterocycles. The lowest BCUT2D eigenvalue weighted by atomic mass is 9.82. The molecule has 0 fully saturated rings. The number of carbonyl (C=O) groups excluding carboxylic acids is 2. The summed E-state index contributed by atoms with van der Waals surface area (Å²) in [4.78, 5) is 32.4. The Morgan fingerprint density at radius 2 is 1.79 bits per heavy atom. The largest absolute Gasteiger partial charge is 0.494 e. The Kier molecular flexibility index (Phi) is 15.5. The highest BCUT2D eigenvalue weighted by Gasteiger charge is 2.52. The molecule has 1 aromatic heterocycles. The van der Waals surface area contributed by atoms with Gasteiger partial charge in [-0.15, -0.1) is 5.10 Å². The van der Waals surface area contributed by atoms with Crippen molar-refractivity contribution >= 4 is 28.9 Å². The zero-order valence-electron chi connectivity index (χ0n) is 36.3. The van der Waals surface area contributed by atoms with Gasteiger partial charge in [-0.05, 0) is 120 Å². The van der Waals surface area contributed by atoms with Gasteiger partial charge < -0.3 is 30.3 Å². The van der Waals surface area contributed by atoms with E-state index in [9.17, 15) is 24.9 Å². The van der Waals surface area contributed by atoms with E-state index >= 15 is 0 Å². The average Bonchev–Trinajstić information content (AvgIpc) is 3.80. The topological polar surface area (TPSA) is 153 Å². The Hall–Kier alpha value is -5.40. The zero-order chi connectivity index (χ0) is 43.5. The molecule has 2 aliphatic heterocycles. The highest BCUT2D eigenvalue weighted by Crippen LogP contribution is 2.48. The Morgan fingerprint density at radius 1 is 1.00 bits per heavy atom. The second kappa shape index (κ2) is 20.9. The maximum absolute atomic E-state index is 14.6. The van der Waals surface area contributed by atoms with Crippen LogP contribution in [0.3, 0.4) is 0 Å². The lowest BCUT2D eigenvalue weighted by Gasteiger charge is -2.35. The van der Waals surface area contributed by atoms with Gasteiger partial charge in [0.25, 0.3) is 5.91 Å². The van der Waals surface area contributed by atoms with Gasteiger partial charge in [0, 0.05) is 43.1 Å². The number of ether oxygens (including phenoxy) is 1. The third-order valence-corrected chi connectivity index (χ3v) is 11.7. The van der Waals surface area contributed by atoms with E-state index in [1.54, 1.807) is 20.5 Å². The van der Waals surface area contributed by atoms with E-state index in [1.165, 1.54) is 5.57 Å². The molecule has 2 amide bonds. The van der Waals surface area contributed by atoms with E-state index in [0.717, 1.165) is 47.4 Å². The van der Waals surface area contributed by atoms with Crippen molar-refractivity contribution in [3.05, 3.63) is 131 Å². The second-order valence-electron chi connectivity index (χ2n) is 16.4. The fourth-order valence-corrected chi connectivity index (χ4v) is 8.20. The molecule has 12 nitrogen and oxygen atoms in total. The first kappa shape index (κ1) is 45.1. The van der Waals surface area contributed by atoms with Crippen molar-refractivity contribution in [3.63, 3.8) is 0 Å². The summed E-state index contributed by atoms with van der Waals surface area (Å²) in [6, 6.07) is 20.4. The van der Waals surface area contributed by atoms with E-state index in [0.29, 0.717) is 68.1 Å². The SMILES string of the molecule is CCOc1ccc2c(c1)CC(NCCCCO)C(=O)N2c1ccc2c(c1)[C@@](O)([C@H](C)/C=C/CCn1cc(C(CO)c3ccccc3)nn1)C(=O)N2C/C=C(\C)CCC=C(C)C. The van der Waals surface area contributed by atoms with Crippen molar-refractivity contribution in [3.8, 4) is 5.75 Å². The monoisotopic (exact) mass is 830 g/mol. The molecule has 2 unspecified atom stereocenters. The number of hydrogen-bond donors (Lipinski definition) is 4. The van der Waals surface area contributed by atoms with Crippen LogP contribution in [0.1, 0.15) is 95.0 Å². The molecule has 0 aliphatic carbocycles. The van der Waals surface area contributed by atoms with Crippen molar-refractivity contribution < 1.29 is 29.6 Å². The minimum atomic E-state index is -1.92. The minimum absolute atomic E-state index is 0.0866. The summed E-state index contributed by atoms with van der Waals surface area (Å²) in [6.45, 7) is 11.9. The molecule has 0 saturated carbocycles. The number of unbranched alkanes of at least 4 members (excludes halogenated alkanes) is 1. The first-order valence-corrected chi connectivity index (χ1v) is 21.6. The van der Waals surface area contributed by atoms with Crippen LogP contribution < -0.4 is 19.9 Å². The molecule has 4 N–H and O–H groups in total. The molecule has 61 heavy (non-hydrogen) atoms. The van der Waals surface area contributed by atoms with Gasteiger partial charge in [0.1, 0.15) is 5.75 Å². The van der Waals surface area contributed by atoms with Crippen molar-refractivity contribution in [2.45, 2.75) is 97.2 Å². The van der Waals surface area contributed by atoms with Crippen LogP contribution in [0.25, 0.3) is 0 Å². The molecule has 324 valence electrons. The number of aliphatic hydroxyl groups excluding tert-OH is 2. The quantitative estimate of drug-likeness (QED) is 0.0502. The van der Waals surface area contributed by atoms with E-state index in [4.69, 9.17) is 4.74 Å². The normalized spacial score (nSPS) is 18.7. The molecule has 4 atom stereocenters. The molecule has 0 spiro atoms. The van der Waals surface area contributed by atoms with Crippen LogP contribution in [0.15, 0.2) is 108 Å². The third-order valence-electron chi connectivity index (χ3n) is 11.7. The van der Waals surface area contributed by atoms with Crippen LogP contribution in [0.4, 0.5) is 17.1 Å². The smallest absolute Gasteiger partial charge is 0.264 e.